The second-order valence-electron chi connectivity index (χ2n) is 7.40. The molecule has 0 atom stereocenters. The van der Waals surface area contributed by atoms with E-state index < -0.39 is 11.6 Å². The summed E-state index contributed by atoms with van der Waals surface area (Å²) < 4.78 is 38.3. The van der Waals surface area contributed by atoms with Crippen LogP contribution in [-0.2, 0) is 24.4 Å². The molecule has 0 saturated carbocycles. The summed E-state index contributed by atoms with van der Waals surface area (Å²) >= 11 is 0. The molecule has 1 aromatic heterocycles. The smallest absolute Gasteiger partial charge is 0.275 e. The first kappa shape index (κ1) is 21.1. The lowest BCUT2D eigenvalue weighted by Crippen LogP contribution is -2.40. The molecule has 4 rings (SSSR count). The van der Waals surface area contributed by atoms with Crippen molar-refractivity contribution in [1.82, 2.24) is 14.8 Å². The van der Waals surface area contributed by atoms with Crippen LogP contribution >= 0.6 is 0 Å². The van der Waals surface area contributed by atoms with Crippen LogP contribution in [0.4, 0.5) is 8.78 Å². The summed E-state index contributed by atoms with van der Waals surface area (Å²) in [5, 5.41) is 0. The van der Waals surface area contributed by atoms with E-state index in [-0.39, 0.29) is 24.7 Å². The first-order valence-electron chi connectivity index (χ1n) is 10.1. The number of amides is 1. The third-order valence-electron chi connectivity index (χ3n) is 5.09. The molecule has 31 heavy (non-hydrogen) atoms. The zero-order valence-electron chi connectivity index (χ0n) is 17.0. The van der Waals surface area contributed by atoms with Gasteiger partial charge in [-0.15, -0.1) is 0 Å². The molecule has 0 unspecified atom stereocenters. The Kier molecular flexibility index (Phi) is 6.69. The molecule has 6 nitrogen and oxygen atoms in total. The highest BCUT2D eigenvalue weighted by molar-refractivity contribution is 5.92. The lowest BCUT2D eigenvalue weighted by Gasteiger charge is -2.25. The van der Waals surface area contributed by atoms with Crippen LogP contribution in [0.1, 0.15) is 27.5 Å². The van der Waals surface area contributed by atoms with E-state index in [0.29, 0.717) is 44.3 Å². The van der Waals surface area contributed by atoms with Crippen LogP contribution in [0.3, 0.4) is 0 Å². The number of carbonyl (C=O) groups is 1. The topological polar surface area (TPSA) is 58.8 Å². The second kappa shape index (κ2) is 9.80. The monoisotopic (exact) mass is 427 g/mol. The van der Waals surface area contributed by atoms with Crippen LogP contribution in [0, 0.1) is 11.6 Å². The van der Waals surface area contributed by atoms with Crippen molar-refractivity contribution >= 4 is 5.91 Å². The van der Waals surface area contributed by atoms with Crippen molar-refractivity contribution in [2.45, 2.75) is 19.6 Å². The van der Waals surface area contributed by atoms with Gasteiger partial charge in [-0.2, -0.15) is 0 Å². The molecule has 1 fully saturated rings. The SMILES string of the molecule is O=C(c1coc(CN(Cc2ccccc2)Cc2ccc(F)cc2F)n1)N1CCOCC1. The van der Waals surface area contributed by atoms with Crippen molar-refractivity contribution < 1.29 is 22.7 Å². The van der Waals surface area contributed by atoms with E-state index in [9.17, 15) is 13.6 Å². The molecule has 2 heterocycles. The highest BCUT2D eigenvalue weighted by Crippen LogP contribution is 2.18. The van der Waals surface area contributed by atoms with Gasteiger partial charge in [-0.05, 0) is 11.6 Å². The number of benzene rings is 2. The summed E-state index contributed by atoms with van der Waals surface area (Å²) in [4.78, 5) is 20.6. The maximum absolute atomic E-state index is 14.2. The molecule has 0 N–H and O–H groups in total. The Morgan fingerprint density at radius 1 is 1.03 bits per heavy atom. The average molecular weight is 427 g/mol. The van der Waals surface area contributed by atoms with Crippen LogP contribution in [0.5, 0.6) is 0 Å². The van der Waals surface area contributed by atoms with Crippen LogP contribution in [0.25, 0.3) is 0 Å². The van der Waals surface area contributed by atoms with E-state index in [1.54, 1.807) is 4.90 Å². The largest absolute Gasteiger partial charge is 0.447 e. The molecule has 1 aliphatic rings. The standard InChI is InChI=1S/C23H23F2N3O3/c24-19-7-6-18(20(25)12-19)14-27(13-17-4-2-1-3-5-17)15-22-26-21(16-31-22)23(29)28-8-10-30-11-9-28/h1-7,12,16H,8-11,13-15H2. The van der Waals surface area contributed by atoms with E-state index in [2.05, 4.69) is 4.98 Å². The lowest BCUT2D eigenvalue weighted by atomic mass is 10.1. The average Bonchev–Trinajstić information content (AvgIpc) is 3.25. The lowest BCUT2D eigenvalue weighted by molar-refractivity contribution is 0.0299. The number of aromatic nitrogens is 1. The summed E-state index contributed by atoms with van der Waals surface area (Å²) in [6, 6.07) is 13.3. The van der Waals surface area contributed by atoms with E-state index >= 15 is 0 Å². The normalized spacial score (nSPS) is 14.2. The van der Waals surface area contributed by atoms with Crippen LogP contribution in [0.2, 0.25) is 0 Å². The summed E-state index contributed by atoms with van der Waals surface area (Å²) in [5.74, 6) is -1.06. The molecule has 3 aromatic rings. The minimum Gasteiger partial charge on any atom is -0.447 e. The van der Waals surface area contributed by atoms with Crippen molar-refractivity contribution in [3.05, 3.63) is 89.1 Å². The number of hydrogen-bond donors (Lipinski definition) is 0. The van der Waals surface area contributed by atoms with Gasteiger partial charge in [0.25, 0.3) is 5.91 Å². The number of oxazole rings is 1. The van der Waals surface area contributed by atoms with Crippen molar-refractivity contribution in [3.8, 4) is 0 Å². The Morgan fingerprint density at radius 2 is 1.81 bits per heavy atom. The summed E-state index contributed by atoms with van der Waals surface area (Å²) in [5.41, 5.74) is 1.64. The number of carbonyl (C=O) groups excluding carboxylic acids is 1. The van der Waals surface area contributed by atoms with Gasteiger partial charge in [0.1, 0.15) is 17.9 Å². The third-order valence-corrected chi connectivity index (χ3v) is 5.09. The van der Waals surface area contributed by atoms with Gasteiger partial charge >= 0.3 is 0 Å². The number of halogens is 2. The molecular weight excluding hydrogens is 404 g/mol. The number of rotatable bonds is 7. The van der Waals surface area contributed by atoms with Gasteiger partial charge in [0.2, 0.25) is 5.89 Å². The van der Waals surface area contributed by atoms with Crippen molar-refractivity contribution in [3.63, 3.8) is 0 Å². The van der Waals surface area contributed by atoms with E-state index in [4.69, 9.17) is 9.15 Å². The Morgan fingerprint density at radius 3 is 2.55 bits per heavy atom. The molecule has 8 heteroatoms. The maximum Gasteiger partial charge on any atom is 0.275 e. The summed E-state index contributed by atoms with van der Waals surface area (Å²) in [6.45, 7) is 3.05. The van der Waals surface area contributed by atoms with Gasteiger partial charge in [-0.25, -0.2) is 13.8 Å². The van der Waals surface area contributed by atoms with E-state index in [1.807, 2.05) is 35.2 Å². The van der Waals surface area contributed by atoms with E-state index in [0.717, 1.165) is 11.6 Å². The van der Waals surface area contributed by atoms with Crippen molar-refractivity contribution in [2.24, 2.45) is 0 Å². The van der Waals surface area contributed by atoms with Crippen molar-refractivity contribution in [1.29, 1.82) is 0 Å². The van der Waals surface area contributed by atoms with Crippen LogP contribution < -0.4 is 0 Å². The molecule has 0 radical (unpaired) electrons. The van der Waals surface area contributed by atoms with Gasteiger partial charge < -0.3 is 14.1 Å². The molecule has 0 bridgehead atoms. The first-order valence-corrected chi connectivity index (χ1v) is 10.1. The van der Waals surface area contributed by atoms with Crippen LogP contribution in [0.15, 0.2) is 59.2 Å². The van der Waals surface area contributed by atoms with Gasteiger partial charge in [-0.1, -0.05) is 36.4 Å². The molecule has 0 spiro atoms. The fraction of sp³-hybridized carbons (Fsp3) is 0.304. The Hall–Kier alpha value is -3.10. The van der Waals surface area contributed by atoms with Crippen LogP contribution in [-0.4, -0.2) is 47.0 Å². The third kappa shape index (κ3) is 5.53. The number of hydrogen-bond acceptors (Lipinski definition) is 5. The molecule has 1 aliphatic heterocycles. The Labute approximate surface area is 179 Å². The van der Waals surface area contributed by atoms with Gasteiger partial charge in [0.05, 0.1) is 19.8 Å². The first-order chi connectivity index (χ1) is 15.1. The fourth-order valence-corrected chi connectivity index (χ4v) is 3.50. The second-order valence-corrected chi connectivity index (χ2v) is 7.40. The minimum atomic E-state index is -0.616. The highest BCUT2D eigenvalue weighted by atomic mass is 19.1. The predicted molar refractivity (Wildman–Crippen MR) is 109 cm³/mol. The van der Waals surface area contributed by atoms with E-state index in [1.165, 1.54) is 18.4 Å². The predicted octanol–water partition coefficient (Wildman–Crippen LogP) is 3.63. The number of morpholine rings is 1. The van der Waals surface area contributed by atoms with Gasteiger partial charge in [0, 0.05) is 37.8 Å². The Balaban J connectivity index is 1.50. The molecule has 162 valence electrons. The van der Waals surface area contributed by atoms with Gasteiger partial charge in [0.15, 0.2) is 5.69 Å². The molecular formula is C23H23F2N3O3. The Bertz CT molecular complexity index is 1020. The molecule has 2 aromatic carbocycles. The zero-order valence-corrected chi connectivity index (χ0v) is 17.0. The summed E-state index contributed by atoms with van der Waals surface area (Å²) in [7, 11) is 0. The quantitative estimate of drug-likeness (QED) is 0.576. The number of ether oxygens (including phenoxy) is 1. The van der Waals surface area contributed by atoms with Gasteiger partial charge in [-0.3, -0.25) is 9.69 Å². The zero-order chi connectivity index (χ0) is 21.6. The molecule has 0 aliphatic carbocycles. The fourth-order valence-electron chi connectivity index (χ4n) is 3.50. The minimum absolute atomic E-state index is 0.197. The van der Waals surface area contributed by atoms with Crippen molar-refractivity contribution in [2.75, 3.05) is 26.3 Å². The molecule has 1 amide bonds. The number of nitrogens with zero attached hydrogens (tertiary/aromatic N) is 3. The maximum atomic E-state index is 14.2. The summed E-state index contributed by atoms with van der Waals surface area (Å²) in [6.07, 6.45) is 1.35. The highest BCUT2D eigenvalue weighted by Gasteiger charge is 2.22. The molecule has 1 saturated heterocycles.